The standard InChI is InChI=1S/C43H29N/c1-3-13-32(14-4-1)44(33-15-5-2-6-16-33)34-26-23-30(24-27-34)31-25-28-38-37-19-9-12-22-41(37)43(42(38)29-31)39-20-10-7-17-35(39)36-18-8-11-21-40(36)43/h1-29H. The van der Waals surface area contributed by atoms with Gasteiger partial charge >= 0.3 is 0 Å². The minimum atomic E-state index is -0.327. The van der Waals surface area contributed by atoms with Crippen LogP contribution in [-0.2, 0) is 5.41 Å². The Labute approximate surface area is 258 Å². The average molecular weight is 560 g/mol. The van der Waals surface area contributed by atoms with E-state index in [0.717, 1.165) is 17.1 Å². The number of hydrogen-bond donors (Lipinski definition) is 0. The molecule has 0 bridgehead atoms. The van der Waals surface area contributed by atoms with Crippen molar-refractivity contribution in [1.82, 2.24) is 0 Å². The summed E-state index contributed by atoms with van der Waals surface area (Å²) in [5.41, 5.74) is 16.4. The lowest BCUT2D eigenvalue weighted by Crippen LogP contribution is -2.25. The number of anilines is 3. The summed E-state index contributed by atoms with van der Waals surface area (Å²) < 4.78 is 0. The molecule has 7 aromatic rings. The first-order valence-electron chi connectivity index (χ1n) is 15.3. The fourth-order valence-corrected chi connectivity index (χ4v) is 7.68. The van der Waals surface area contributed by atoms with Gasteiger partial charge in [-0.25, -0.2) is 0 Å². The molecule has 9 rings (SSSR count). The van der Waals surface area contributed by atoms with E-state index in [1.54, 1.807) is 0 Å². The molecule has 7 aromatic carbocycles. The second kappa shape index (κ2) is 9.69. The highest BCUT2D eigenvalue weighted by Crippen LogP contribution is 2.63. The number of rotatable bonds is 4. The minimum Gasteiger partial charge on any atom is -0.311 e. The first-order chi connectivity index (χ1) is 21.8. The number of para-hydroxylation sites is 2. The van der Waals surface area contributed by atoms with Crippen LogP contribution in [0.2, 0.25) is 0 Å². The Morgan fingerprint density at radius 2 is 0.682 bits per heavy atom. The van der Waals surface area contributed by atoms with Gasteiger partial charge in [0.25, 0.3) is 0 Å². The van der Waals surface area contributed by atoms with Gasteiger partial charge in [-0.2, -0.15) is 0 Å². The molecule has 0 saturated heterocycles. The number of benzene rings is 7. The molecular formula is C43H29N. The Kier molecular flexibility index (Phi) is 5.48. The molecule has 0 amide bonds. The van der Waals surface area contributed by atoms with Gasteiger partial charge in [0.1, 0.15) is 0 Å². The van der Waals surface area contributed by atoms with Gasteiger partial charge < -0.3 is 4.90 Å². The van der Waals surface area contributed by atoms with Gasteiger partial charge in [-0.15, -0.1) is 0 Å². The molecule has 2 aliphatic rings. The van der Waals surface area contributed by atoms with Crippen LogP contribution in [0.15, 0.2) is 176 Å². The van der Waals surface area contributed by atoms with E-state index in [-0.39, 0.29) is 5.41 Å². The van der Waals surface area contributed by atoms with Crippen LogP contribution in [-0.4, -0.2) is 0 Å². The van der Waals surface area contributed by atoms with Crippen molar-refractivity contribution in [3.8, 4) is 33.4 Å². The van der Waals surface area contributed by atoms with Gasteiger partial charge in [0.15, 0.2) is 0 Å². The molecule has 0 fully saturated rings. The van der Waals surface area contributed by atoms with E-state index in [9.17, 15) is 0 Å². The number of hydrogen-bond acceptors (Lipinski definition) is 1. The molecule has 1 nitrogen and oxygen atoms in total. The lowest BCUT2D eigenvalue weighted by atomic mass is 9.70. The van der Waals surface area contributed by atoms with Crippen molar-refractivity contribution < 1.29 is 0 Å². The molecule has 44 heavy (non-hydrogen) atoms. The maximum atomic E-state index is 2.45. The van der Waals surface area contributed by atoms with Crippen molar-refractivity contribution >= 4 is 17.1 Å². The van der Waals surface area contributed by atoms with Crippen molar-refractivity contribution in [3.05, 3.63) is 198 Å². The molecule has 0 saturated carbocycles. The van der Waals surface area contributed by atoms with Crippen LogP contribution in [0.4, 0.5) is 17.1 Å². The van der Waals surface area contributed by atoms with Gasteiger partial charge in [0.2, 0.25) is 0 Å². The zero-order valence-corrected chi connectivity index (χ0v) is 24.2. The van der Waals surface area contributed by atoms with Gasteiger partial charge in [-0.1, -0.05) is 133 Å². The van der Waals surface area contributed by atoms with E-state index >= 15 is 0 Å². The lowest BCUT2D eigenvalue weighted by molar-refractivity contribution is 0.794. The van der Waals surface area contributed by atoms with Crippen LogP contribution in [0.1, 0.15) is 22.3 Å². The molecule has 2 aliphatic carbocycles. The fourth-order valence-electron chi connectivity index (χ4n) is 7.68. The highest BCUT2D eigenvalue weighted by atomic mass is 15.1. The molecule has 0 N–H and O–H groups in total. The van der Waals surface area contributed by atoms with E-state index in [1.807, 2.05) is 0 Å². The first-order valence-corrected chi connectivity index (χ1v) is 15.3. The van der Waals surface area contributed by atoms with Gasteiger partial charge in [0.05, 0.1) is 5.41 Å². The molecule has 0 radical (unpaired) electrons. The Morgan fingerprint density at radius 3 is 1.18 bits per heavy atom. The topological polar surface area (TPSA) is 3.24 Å². The van der Waals surface area contributed by atoms with E-state index in [1.165, 1.54) is 55.6 Å². The molecule has 0 aromatic heterocycles. The fraction of sp³-hybridized carbons (Fsp3) is 0.0233. The Morgan fingerprint density at radius 1 is 0.295 bits per heavy atom. The van der Waals surface area contributed by atoms with Crippen molar-refractivity contribution in [2.45, 2.75) is 5.41 Å². The van der Waals surface area contributed by atoms with Crippen LogP contribution < -0.4 is 4.90 Å². The van der Waals surface area contributed by atoms with E-state index < -0.39 is 0 Å². The number of nitrogens with zero attached hydrogens (tertiary/aromatic N) is 1. The molecular weight excluding hydrogens is 530 g/mol. The summed E-state index contributed by atoms with van der Waals surface area (Å²) in [5, 5.41) is 0. The molecule has 206 valence electrons. The second-order valence-electron chi connectivity index (χ2n) is 11.7. The van der Waals surface area contributed by atoms with Crippen LogP contribution in [0.3, 0.4) is 0 Å². The normalized spacial score (nSPS) is 13.2. The molecule has 1 spiro atoms. The summed E-state index contributed by atoms with van der Waals surface area (Å²) in [5.74, 6) is 0. The Hall–Kier alpha value is -5.66. The summed E-state index contributed by atoms with van der Waals surface area (Å²) in [6.07, 6.45) is 0. The molecule has 0 unspecified atom stereocenters. The molecule has 0 aliphatic heterocycles. The van der Waals surface area contributed by atoms with Crippen LogP contribution in [0.25, 0.3) is 33.4 Å². The summed E-state index contributed by atoms with van der Waals surface area (Å²) in [7, 11) is 0. The van der Waals surface area contributed by atoms with Crippen LogP contribution in [0.5, 0.6) is 0 Å². The van der Waals surface area contributed by atoms with Gasteiger partial charge in [-0.05, 0) is 98.1 Å². The van der Waals surface area contributed by atoms with E-state index in [0.29, 0.717) is 0 Å². The quantitative estimate of drug-likeness (QED) is 0.207. The molecule has 1 heteroatoms. The third-order valence-electron chi connectivity index (χ3n) is 9.48. The highest BCUT2D eigenvalue weighted by Gasteiger charge is 2.51. The minimum absolute atomic E-state index is 0.327. The summed E-state index contributed by atoms with van der Waals surface area (Å²) in [4.78, 5) is 2.31. The predicted molar refractivity (Wildman–Crippen MR) is 183 cm³/mol. The third kappa shape index (κ3) is 3.47. The monoisotopic (exact) mass is 559 g/mol. The molecule has 0 heterocycles. The maximum Gasteiger partial charge on any atom is 0.0725 e. The zero-order valence-electron chi connectivity index (χ0n) is 24.2. The Bertz CT molecular complexity index is 2060. The molecule has 0 atom stereocenters. The summed E-state index contributed by atoms with van der Waals surface area (Å²) in [6.45, 7) is 0. The SMILES string of the molecule is c1ccc(N(c2ccccc2)c2ccc(-c3ccc4c(c3)C3(c5ccccc5-c5ccccc53)c3ccccc3-4)cc2)cc1. The number of fused-ring (bicyclic) bond motifs is 10. The van der Waals surface area contributed by atoms with Gasteiger partial charge in [0, 0.05) is 17.1 Å². The van der Waals surface area contributed by atoms with Crippen LogP contribution in [0, 0.1) is 0 Å². The largest absolute Gasteiger partial charge is 0.311 e. The van der Waals surface area contributed by atoms with Crippen LogP contribution >= 0.6 is 0 Å². The summed E-state index contributed by atoms with van der Waals surface area (Å²) in [6, 6.07) is 64.2. The third-order valence-corrected chi connectivity index (χ3v) is 9.48. The first kappa shape index (κ1) is 24.9. The smallest absolute Gasteiger partial charge is 0.0725 e. The van der Waals surface area contributed by atoms with E-state index in [2.05, 4.69) is 181 Å². The maximum absolute atomic E-state index is 2.45. The zero-order chi connectivity index (χ0) is 29.1. The second-order valence-corrected chi connectivity index (χ2v) is 11.7. The highest BCUT2D eigenvalue weighted by molar-refractivity contribution is 5.96. The van der Waals surface area contributed by atoms with Crippen molar-refractivity contribution in [2.75, 3.05) is 4.90 Å². The lowest BCUT2D eigenvalue weighted by Gasteiger charge is -2.30. The van der Waals surface area contributed by atoms with Crippen molar-refractivity contribution in [1.29, 1.82) is 0 Å². The van der Waals surface area contributed by atoms with E-state index in [4.69, 9.17) is 0 Å². The van der Waals surface area contributed by atoms with Crippen molar-refractivity contribution in [2.24, 2.45) is 0 Å². The Balaban J connectivity index is 1.20. The summed E-state index contributed by atoms with van der Waals surface area (Å²) >= 11 is 0. The average Bonchev–Trinajstić information content (AvgIpc) is 3.57. The van der Waals surface area contributed by atoms with Crippen molar-refractivity contribution in [3.63, 3.8) is 0 Å². The van der Waals surface area contributed by atoms with Gasteiger partial charge in [-0.3, -0.25) is 0 Å². The predicted octanol–water partition coefficient (Wildman–Crippen LogP) is 11.2.